The Morgan fingerprint density at radius 3 is 2.68 bits per heavy atom. The van der Waals surface area contributed by atoms with Crippen molar-refractivity contribution in [1.29, 1.82) is 0 Å². The first-order valence-corrected chi connectivity index (χ1v) is 8.26. The van der Waals surface area contributed by atoms with E-state index in [4.69, 9.17) is 4.74 Å². The van der Waals surface area contributed by atoms with Crippen LogP contribution < -0.4 is 5.32 Å². The first kappa shape index (κ1) is 15.1. The molecule has 2 aliphatic rings. The van der Waals surface area contributed by atoms with Crippen molar-refractivity contribution >= 4 is 0 Å². The van der Waals surface area contributed by atoms with Crippen molar-refractivity contribution in [2.24, 2.45) is 0 Å². The zero-order chi connectivity index (χ0) is 13.6. The lowest BCUT2D eigenvalue weighted by atomic mass is 9.83. The topological polar surface area (TPSA) is 21.3 Å². The Morgan fingerprint density at radius 1 is 1.16 bits per heavy atom. The minimum absolute atomic E-state index is 0.288. The molecular weight excluding hydrogens is 234 g/mol. The summed E-state index contributed by atoms with van der Waals surface area (Å²) in [6.45, 7) is 5.48. The van der Waals surface area contributed by atoms with E-state index in [0.29, 0.717) is 12.1 Å². The summed E-state index contributed by atoms with van der Waals surface area (Å²) in [4.78, 5) is 0. The van der Waals surface area contributed by atoms with Gasteiger partial charge in [-0.1, -0.05) is 45.3 Å². The van der Waals surface area contributed by atoms with Crippen molar-refractivity contribution in [3.05, 3.63) is 12.2 Å². The van der Waals surface area contributed by atoms with Crippen molar-refractivity contribution in [3.8, 4) is 0 Å². The molecular formula is C17H31NO. The van der Waals surface area contributed by atoms with E-state index >= 15 is 0 Å². The van der Waals surface area contributed by atoms with Gasteiger partial charge in [-0.15, -0.1) is 0 Å². The molecule has 0 aromatic heterocycles. The Hall–Kier alpha value is -0.340. The number of rotatable bonds is 6. The van der Waals surface area contributed by atoms with Crippen LogP contribution in [0.5, 0.6) is 0 Å². The van der Waals surface area contributed by atoms with Gasteiger partial charge in [0, 0.05) is 6.04 Å². The van der Waals surface area contributed by atoms with Gasteiger partial charge in [-0.05, 0) is 45.1 Å². The van der Waals surface area contributed by atoms with Crippen LogP contribution in [-0.2, 0) is 4.74 Å². The molecule has 1 saturated carbocycles. The highest BCUT2D eigenvalue weighted by molar-refractivity contribution is 4.94. The first-order chi connectivity index (χ1) is 9.20. The Labute approximate surface area is 119 Å². The lowest BCUT2D eigenvalue weighted by molar-refractivity contribution is -0.0620. The second kappa shape index (κ2) is 7.44. The first-order valence-electron chi connectivity index (χ1n) is 8.26. The Morgan fingerprint density at radius 2 is 1.95 bits per heavy atom. The highest BCUT2D eigenvalue weighted by atomic mass is 16.5. The van der Waals surface area contributed by atoms with E-state index in [1.165, 1.54) is 44.9 Å². The molecule has 1 saturated heterocycles. The van der Waals surface area contributed by atoms with E-state index in [1.807, 2.05) is 0 Å². The van der Waals surface area contributed by atoms with Crippen LogP contribution in [0.15, 0.2) is 12.2 Å². The van der Waals surface area contributed by atoms with Crippen LogP contribution >= 0.6 is 0 Å². The molecule has 1 spiro atoms. The second-order valence-electron chi connectivity index (χ2n) is 6.63. The van der Waals surface area contributed by atoms with Crippen LogP contribution in [0.25, 0.3) is 0 Å². The normalized spacial score (nSPS) is 26.8. The van der Waals surface area contributed by atoms with Crippen LogP contribution in [0.3, 0.4) is 0 Å². The molecule has 110 valence electrons. The average Bonchev–Trinajstić information content (AvgIpc) is 2.77. The molecule has 2 fully saturated rings. The summed E-state index contributed by atoms with van der Waals surface area (Å²) in [5.41, 5.74) is 0.288. The smallest absolute Gasteiger partial charge is 0.0687 e. The fourth-order valence-corrected chi connectivity index (χ4v) is 3.45. The Balaban J connectivity index is 1.61. The van der Waals surface area contributed by atoms with Crippen LogP contribution in [0.1, 0.15) is 71.6 Å². The van der Waals surface area contributed by atoms with Gasteiger partial charge in [0.2, 0.25) is 0 Å². The fourth-order valence-electron chi connectivity index (χ4n) is 3.45. The molecule has 0 amide bonds. The van der Waals surface area contributed by atoms with E-state index in [0.717, 1.165) is 19.4 Å². The monoisotopic (exact) mass is 265 g/mol. The molecule has 0 bridgehead atoms. The lowest BCUT2D eigenvalue weighted by Gasteiger charge is -2.33. The fraction of sp³-hybridized carbons (Fsp3) is 0.882. The SMILES string of the molecule is CC(C)NCC/C=C/CC1CCC2(CCCCC2)O1. The van der Waals surface area contributed by atoms with Crippen molar-refractivity contribution < 1.29 is 4.74 Å². The van der Waals surface area contributed by atoms with Crippen LogP contribution in [0.4, 0.5) is 0 Å². The maximum Gasteiger partial charge on any atom is 0.0687 e. The Bertz CT molecular complexity index is 279. The lowest BCUT2D eigenvalue weighted by Crippen LogP contribution is -2.31. The molecule has 1 aliphatic carbocycles. The highest BCUT2D eigenvalue weighted by Crippen LogP contribution is 2.42. The maximum atomic E-state index is 6.37. The van der Waals surface area contributed by atoms with Crippen molar-refractivity contribution in [1.82, 2.24) is 5.32 Å². The van der Waals surface area contributed by atoms with Gasteiger partial charge in [-0.25, -0.2) is 0 Å². The van der Waals surface area contributed by atoms with Gasteiger partial charge >= 0.3 is 0 Å². The minimum Gasteiger partial charge on any atom is -0.371 e. The van der Waals surface area contributed by atoms with E-state index in [1.54, 1.807) is 0 Å². The molecule has 2 heteroatoms. The standard InChI is InChI=1S/C17H31NO/c1-15(2)18-14-8-3-5-9-16-10-13-17(19-16)11-6-4-7-12-17/h3,5,15-16,18H,4,6-14H2,1-2H3/b5-3+. The molecule has 1 N–H and O–H groups in total. The third-order valence-electron chi connectivity index (χ3n) is 4.53. The third-order valence-corrected chi connectivity index (χ3v) is 4.53. The molecule has 0 aromatic rings. The van der Waals surface area contributed by atoms with E-state index in [-0.39, 0.29) is 5.60 Å². The van der Waals surface area contributed by atoms with E-state index < -0.39 is 0 Å². The summed E-state index contributed by atoms with van der Waals surface area (Å²) in [6.07, 6.45) is 16.8. The maximum absolute atomic E-state index is 6.37. The predicted molar refractivity (Wildman–Crippen MR) is 81.4 cm³/mol. The molecule has 0 aromatic carbocycles. The summed E-state index contributed by atoms with van der Waals surface area (Å²) in [6, 6.07) is 0.595. The average molecular weight is 265 g/mol. The van der Waals surface area contributed by atoms with Gasteiger partial charge in [0.1, 0.15) is 0 Å². The molecule has 2 nitrogen and oxygen atoms in total. The van der Waals surface area contributed by atoms with Crippen LogP contribution in [-0.4, -0.2) is 24.3 Å². The molecule has 0 radical (unpaired) electrons. The summed E-state index contributed by atoms with van der Waals surface area (Å²) in [5.74, 6) is 0. The van der Waals surface area contributed by atoms with Crippen LogP contribution in [0.2, 0.25) is 0 Å². The summed E-state index contributed by atoms with van der Waals surface area (Å²) in [7, 11) is 0. The number of nitrogens with one attached hydrogen (secondary N) is 1. The zero-order valence-corrected chi connectivity index (χ0v) is 12.8. The summed E-state index contributed by atoms with van der Waals surface area (Å²) >= 11 is 0. The van der Waals surface area contributed by atoms with Gasteiger partial charge in [-0.3, -0.25) is 0 Å². The molecule has 1 heterocycles. The molecule has 1 aliphatic heterocycles. The van der Waals surface area contributed by atoms with Gasteiger partial charge < -0.3 is 10.1 Å². The molecule has 19 heavy (non-hydrogen) atoms. The molecule has 1 unspecified atom stereocenters. The quantitative estimate of drug-likeness (QED) is 0.574. The van der Waals surface area contributed by atoms with Gasteiger partial charge in [0.15, 0.2) is 0 Å². The van der Waals surface area contributed by atoms with E-state index in [2.05, 4.69) is 31.3 Å². The van der Waals surface area contributed by atoms with Gasteiger partial charge in [-0.2, -0.15) is 0 Å². The molecule has 2 rings (SSSR count). The number of hydrogen-bond donors (Lipinski definition) is 1. The van der Waals surface area contributed by atoms with Crippen LogP contribution in [0, 0.1) is 0 Å². The Kier molecular flexibility index (Phi) is 5.90. The van der Waals surface area contributed by atoms with Crippen molar-refractivity contribution in [2.45, 2.75) is 89.4 Å². The van der Waals surface area contributed by atoms with Gasteiger partial charge in [0.05, 0.1) is 11.7 Å². The zero-order valence-electron chi connectivity index (χ0n) is 12.8. The van der Waals surface area contributed by atoms with Crippen molar-refractivity contribution in [3.63, 3.8) is 0 Å². The summed E-state index contributed by atoms with van der Waals surface area (Å²) < 4.78 is 6.37. The summed E-state index contributed by atoms with van der Waals surface area (Å²) in [5, 5.41) is 3.44. The number of ether oxygens (including phenoxy) is 1. The highest BCUT2D eigenvalue weighted by Gasteiger charge is 2.40. The van der Waals surface area contributed by atoms with Crippen molar-refractivity contribution in [2.75, 3.05) is 6.54 Å². The molecule has 1 atom stereocenters. The second-order valence-corrected chi connectivity index (χ2v) is 6.63. The largest absolute Gasteiger partial charge is 0.371 e. The van der Waals surface area contributed by atoms with E-state index in [9.17, 15) is 0 Å². The van der Waals surface area contributed by atoms with Gasteiger partial charge in [0.25, 0.3) is 0 Å². The third kappa shape index (κ3) is 4.92. The number of hydrogen-bond acceptors (Lipinski definition) is 2. The minimum atomic E-state index is 0.288. The predicted octanol–water partition coefficient (Wildman–Crippen LogP) is 4.20.